The average Bonchev–Trinajstić information content (AvgIpc) is 3.05. The van der Waals surface area contributed by atoms with Crippen molar-refractivity contribution in [2.45, 2.75) is 18.9 Å². The van der Waals surface area contributed by atoms with E-state index >= 15 is 0 Å². The molecule has 1 aliphatic rings. The van der Waals surface area contributed by atoms with Crippen LogP contribution in [0.4, 0.5) is 5.69 Å². The molecule has 28 heavy (non-hydrogen) atoms. The van der Waals surface area contributed by atoms with Gasteiger partial charge in [0.2, 0.25) is 11.8 Å². The molecule has 0 saturated heterocycles. The number of hydrogen-bond acceptors (Lipinski definition) is 4. The fourth-order valence-corrected chi connectivity index (χ4v) is 3.16. The van der Waals surface area contributed by atoms with Gasteiger partial charge in [-0.25, -0.2) is 4.98 Å². The van der Waals surface area contributed by atoms with E-state index in [4.69, 9.17) is 0 Å². The third-order valence-corrected chi connectivity index (χ3v) is 4.56. The molecule has 0 saturated carbocycles. The van der Waals surface area contributed by atoms with E-state index < -0.39 is 11.9 Å². The summed E-state index contributed by atoms with van der Waals surface area (Å²) in [5.41, 5.74) is 2.64. The number of amides is 3. The van der Waals surface area contributed by atoms with Gasteiger partial charge in [-0.15, -0.1) is 0 Å². The number of anilines is 1. The topological polar surface area (TPSA) is 116 Å². The molecular weight excluding hydrogens is 358 g/mol. The van der Waals surface area contributed by atoms with Crippen LogP contribution in [0.25, 0.3) is 11.0 Å². The zero-order chi connectivity index (χ0) is 19.5. The summed E-state index contributed by atoms with van der Waals surface area (Å²) in [7, 11) is 0. The lowest BCUT2D eigenvalue weighted by atomic mass is 10.1. The van der Waals surface area contributed by atoms with Crippen molar-refractivity contribution >= 4 is 34.4 Å². The van der Waals surface area contributed by atoms with E-state index in [2.05, 4.69) is 25.9 Å². The van der Waals surface area contributed by atoms with Gasteiger partial charge in [0.15, 0.2) is 0 Å². The number of fused-ring (bicyclic) bond motifs is 2. The van der Waals surface area contributed by atoms with Gasteiger partial charge in [0.1, 0.15) is 11.9 Å². The Bertz CT molecular complexity index is 1030. The largest absolute Gasteiger partial charge is 0.356 e. The summed E-state index contributed by atoms with van der Waals surface area (Å²) in [5, 5.41) is 8.07. The molecule has 0 fully saturated rings. The Hall–Kier alpha value is -3.68. The highest BCUT2D eigenvalue weighted by molar-refractivity contribution is 6.10. The van der Waals surface area contributed by atoms with Gasteiger partial charge in [0.25, 0.3) is 5.91 Å². The molecule has 1 aromatic heterocycles. The monoisotopic (exact) mass is 377 g/mol. The van der Waals surface area contributed by atoms with Crippen LogP contribution in [0.3, 0.4) is 0 Å². The van der Waals surface area contributed by atoms with Crippen LogP contribution < -0.4 is 16.0 Å². The average molecular weight is 377 g/mol. The van der Waals surface area contributed by atoms with E-state index in [0.29, 0.717) is 24.2 Å². The highest BCUT2D eigenvalue weighted by atomic mass is 16.2. The van der Waals surface area contributed by atoms with E-state index in [1.54, 1.807) is 24.3 Å². The van der Waals surface area contributed by atoms with E-state index in [0.717, 1.165) is 16.9 Å². The van der Waals surface area contributed by atoms with Gasteiger partial charge in [-0.2, -0.15) is 0 Å². The van der Waals surface area contributed by atoms with Gasteiger partial charge in [-0.3, -0.25) is 14.4 Å². The lowest BCUT2D eigenvalue weighted by Crippen LogP contribution is -2.44. The predicted octanol–water partition coefficient (Wildman–Crippen LogP) is 1.36. The SMILES string of the molecule is O=C(CC1NC(=O)c2ccccc2NC1=O)NCCc1nc2ccccc2[nH]1. The summed E-state index contributed by atoms with van der Waals surface area (Å²) >= 11 is 0. The van der Waals surface area contributed by atoms with Crippen molar-refractivity contribution in [3.63, 3.8) is 0 Å². The van der Waals surface area contributed by atoms with Crippen LogP contribution in [0.5, 0.6) is 0 Å². The Morgan fingerprint density at radius 3 is 2.71 bits per heavy atom. The lowest BCUT2D eigenvalue weighted by Gasteiger charge is -2.14. The van der Waals surface area contributed by atoms with Gasteiger partial charge >= 0.3 is 0 Å². The molecule has 8 nitrogen and oxygen atoms in total. The Morgan fingerprint density at radius 2 is 1.86 bits per heavy atom. The fraction of sp³-hybridized carbons (Fsp3) is 0.200. The second kappa shape index (κ2) is 7.51. The zero-order valence-electron chi connectivity index (χ0n) is 15.0. The number of carbonyl (C=O) groups is 3. The number of hydrogen-bond donors (Lipinski definition) is 4. The second-order valence-corrected chi connectivity index (χ2v) is 6.57. The molecule has 8 heteroatoms. The van der Waals surface area contributed by atoms with Crippen molar-refractivity contribution in [3.8, 4) is 0 Å². The molecule has 3 amide bonds. The Kier molecular flexibility index (Phi) is 4.76. The quantitative estimate of drug-likeness (QED) is 0.537. The molecule has 1 unspecified atom stereocenters. The molecule has 0 spiro atoms. The normalized spacial score (nSPS) is 16.1. The first-order valence-corrected chi connectivity index (χ1v) is 9.01. The van der Waals surface area contributed by atoms with Gasteiger partial charge in [-0.05, 0) is 24.3 Å². The van der Waals surface area contributed by atoms with Crippen molar-refractivity contribution in [1.29, 1.82) is 0 Å². The number of imidazole rings is 1. The molecule has 0 bridgehead atoms. The number of nitrogens with one attached hydrogen (secondary N) is 4. The number of aromatic nitrogens is 2. The van der Waals surface area contributed by atoms with E-state index in [1.165, 1.54) is 0 Å². The highest BCUT2D eigenvalue weighted by Crippen LogP contribution is 2.18. The summed E-state index contributed by atoms with van der Waals surface area (Å²) in [6, 6.07) is 13.5. The molecule has 0 aliphatic carbocycles. The summed E-state index contributed by atoms with van der Waals surface area (Å²) in [6.07, 6.45) is 0.404. The Labute approximate surface area is 160 Å². The molecule has 2 heterocycles. The van der Waals surface area contributed by atoms with Crippen LogP contribution in [0.2, 0.25) is 0 Å². The Balaban J connectivity index is 1.32. The number of carbonyl (C=O) groups excluding carboxylic acids is 3. The molecule has 3 aromatic rings. The van der Waals surface area contributed by atoms with Crippen molar-refractivity contribution in [2.24, 2.45) is 0 Å². The number of nitrogens with zero attached hydrogens (tertiary/aromatic N) is 1. The predicted molar refractivity (Wildman–Crippen MR) is 104 cm³/mol. The summed E-state index contributed by atoms with van der Waals surface area (Å²) in [5.74, 6) is -0.334. The summed E-state index contributed by atoms with van der Waals surface area (Å²) < 4.78 is 0. The smallest absolute Gasteiger partial charge is 0.254 e. The minimum absolute atomic E-state index is 0.133. The maximum atomic E-state index is 12.3. The van der Waals surface area contributed by atoms with Crippen LogP contribution in [0, 0.1) is 0 Å². The third kappa shape index (κ3) is 3.71. The van der Waals surface area contributed by atoms with Crippen LogP contribution in [0.1, 0.15) is 22.6 Å². The lowest BCUT2D eigenvalue weighted by molar-refractivity contribution is -0.125. The molecule has 0 radical (unpaired) electrons. The van der Waals surface area contributed by atoms with Gasteiger partial charge in [0, 0.05) is 13.0 Å². The zero-order valence-corrected chi connectivity index (χ0v) is 15.0. The maximum Gasteiger partial charge on any atom is 0.254 e. The van der Waals surface area contributed by atoms with Crippen LogP contribution in [-0.4, -0.2) is 40.3 Å². The maximum absolute atomic E-state index is 12.3. The molecule has 1 aliphatic heterocycles. The number of rotatable bonds is 5. The molecule has 2 aromatic carbocycles. The number of H-pyrrole nitrogens is 1. The van der Waals surface area contributed by atoms with E-state index in [9.17, 15) is 14.4 Å². The summed E-state index contributed by atoms with van der Waals surface area (Å²) in [6.45, 7) is 0.376. The minimum Gasteiger partial charge on any atom is -0.356 e. The molecule has 1 atom stereocenters. The van der Waals surface area contributed by atoms with Crippen molar-refractivity contribution in [1.82, 2.24) is 20.6 Å². The van der Waals surface area contributed by atoms with Crippen molar-refractivity contribution in [2.75, 3.05) is 11.9 Å². The van der Waals surface area contributed by atoms with Crippen LogP contribution in [0.15, 0.2) is 48.5 Å². The van der Waals surface area contributed by atoms with Crippen LogP contribution >= 0.6 is 0 Å². The standard InChI is InChI=1S/C20H19N5O3/c26-18(21-10-9-17-22-14-7-3-4-8-15(14)23-17)11-16-20(28)24-13-6-2-1-5-12(13)19(27)25-16/h1-8,16H,9-11H2,(H,21,26)(H,22,23)(H,24,28)(H,25,27). The first-order chi connectivity index (χ1) is 13.6. The molecular formula is C20H19N5O3. The van der Waals surface area contributed by atoms with Gasteiger partial charge in [0.05, 0.1) is 28.7 Å². The first kappa shape index (κ1) is 17.7. The highest BCUT2D eigenvalue weighted by Gasteiger charge is 2.29. The van der Waals surface area contributed by atoms with Gasteiger partial charge < -0.3 is 20.9 Å². The molecule has 4 rings (SSSR count). The van der Waals surface area contributed by atoms with Gasteiger partial charge in [-0.1, -0.05) is 24.3 Å². The van der Waals surface area contributed by atoms with E-state index in [-0.39, 0.29) is 18.2 Å². The Morgan fingerprint density at radius 1 is 1.07 bits per heavy atom. The van der Waals surface area contributed by atoms with E-state index in [1.807, 2.05) is 24.3 Å². The number of para-hydroxylation sites is 3. The minimum atomic E-state index is -0.925. The molecule has 142 valence electrons. The first-order valence-electron chi connectivity index (χ1n) is 9.01. The van der Waals surface area contributed by atoms with Crippen molar-refractivity contribution in [3.05, 3.63) is 59.9 Å². The fourth-order valence-electron chi connectivity index (χ4n) is 3.16. The number of aromatic amines is 1. The van der Waals surface area contributed by atoms with Crippen LogP contribution in [-0.2, 0) is 16.0 Å². The van der Waals surface area contributed by atoms with Crippen molar-refractivity contribution < 1.29 is 14.4 Å². The summed E-state index contributed by atoms with van der Waals surface area (Å²) in [4.78, 5) is 44.5. The third-order valence-electron chi connectivity index (χ3n) is 4.56. The number of benzene rings is 2. The molecule has 4 N–H and O–H groups in total. The second-order valence-electron chi connectivity index (χ2n) is 6.57.